The zero-order chi connectivity index (χ0) is 15.8. The van der Waals surface area contributed by atoms with Gasteiger partial charge in [-0.25, -0.2) is 0 Å². The largest absolute Gasteiger partial charge is 0.357 e. The summed E-state index contributed by atoms with van der Waals surface area (Å²) in [5.41, 5.74) is 0. The average molecular weight is 471 g/mol. The number of guanidine groups is 1. The molecule has 130 valence electrons. The number of aliphatic imine (C=N–C) groups is 1. The number of carbonyl (C=O) groups is 1. The normalized spacial score (nSPS) is 14.1. The number of hydrogen-bond donors (Lipinski definition) is 3. The Hall–Kier alpha value is -0.540. The maximum absolute atomic E-state index is 11.5. The third kappa shape index (κ3) is 8.21. The van der Waals surface area contributed by atoms with Crippen LogP contribution in [0.3, 0.4) is 0 Å². The van der Waals surface area contributed by atoms with Crippen LogP contribution < -0.4 is 16.0 Å². The molecule has 0 atom stereocenters. The van der Waals surface area contributed by atoms with E-state index in [-0.39, 0.29) is 35.8 Å². The number of nitrogens with one attached hydrogen (secondary N) is 3. The van der Waals surface area contributed by atoms with E-state index in [0.29, 0.717) is 19.6 Å². The molecule has 1 heterocycles. The molecule has 0 radical (unpaired) electrons. The summed E-state index contributed by atoms with van der Waals surface area (Å²) in [5.74, 6) is 1.23. The van der Waals surface area contributed by atoms with Crippen molar-refractivity contribution in [2.75, 3.05) is 26.2 Å². The smallest absolute Gasteiger partial charge is 0.223 e. The lowest BCUT2D eigenvalue weighted by molar-refractivity contribution is -0.122. The quantitative estimate of drug-likeness (QED) is 0.237. The summed E-state index contributed by atoms with van der Waals surface area (Å²) in [5, 5.41) is 9.36. The highest BCUT2D eigenvalue weighted by Gasteiger charge is 2.28. The number of rotatable bonds is 8. The number of nitrogens with zero attached hydrogens (tertiary/aromatic N) is 1. The van der Waals surface area contributed by atoms with Gasteiger partial charge in [-0.2, -0.15) is 0 Å². The minimum Gasteiger partial charge on any atom is -0.357 e. The summed E-state index contributed by atoms with van der Waals surface area (Å²) >= 11 is 7.51. The van der Waals surface area contributed by atoms with Gasteiger partial charge in [-0.15, -0.1) is 35.3 Å². The Morgan fingerprint density at radius 1 is 1.30 bits per heavy atom. The SMILES string of the molecule is CCNC(=NCCc1ccc(Cl)s1)NCCNC(=O)C1CC1.I. The predicted octanol–water partition coefficient (Wildman–Crippen LogP) is 2.64. The maximum atomic E-state index is 11.5. The maximum Gasteiger partial charge on any atom is 0.223 e. The van der Waals surface area contributed by atoms with Crippen molar-refractivity contribution in [3.63, 3.8) is 0 Å². The van der Waals surface area contributed by atoms with E-state index in [1.54, 1.807) is 11.3 Å². The van der Waals surface area contributed by atoms with Gasteiger partial charge in [0.2, 0.25) is 5.91 Å². The van der Waals surface area contributed by atoms with E-state index in [1.165, 1.54) is 4.88 Å². The van der Waals surface area contributed by atoms with Crippen LogP contribution in [0.5, 0.6) is 0 Å². The third-order valence-corrected chi connectivity index (χ3v) is 4.56. The molecule has 1 aliphatic rings. The Kier molecular flexibility index (Phi) is 9.89. The molecule has 1 saturated carbocycles. The molecule has 1 aromatic heterocycles. The van der Waals surface area contributed by atoms with Crippen LogP contribution in [-0.4, -0.2) is 38.0 Å². The van der Waals surface area contributed by atoms with Crippen LogP contribution in [0.15, 0.2) is 17.1 Å². The van der Waals surface area contributed by atoms with E-state index in [0.717, 1.165) is 36.1 Å². The van der Waals surface area contributed by atoms with Crippen LogP contribution in [-0.2, 0) is 11.2 Å². The second kappa shape index (κ2) is 11.1. The first-order valence-electron chi connectivity index (χ1n) is 7.73. The fraction of sp³-hybridized carbons (Fsp3) is 0.600. The van der Waals surface area contributed by atoms with Crippen molar-refractivity contribution < 1.29 is 4.79 Å². The van der Waals surface area contributed by atoms with E-state index in [2.05, 4.69) is 20.9 Å². The van der Waals surface area contributed by atoms with Crippen LogP contribution in [0.4, 0.5) is 0 Å². The summed E-state index contributed by atoms with van der Waals surface area (Å²) in [4.78, 5) is 17.3. The highest BCUT2D eigenvalue weighted by Crippen LogP contribution is 2.28. The van der Waals surface area contributed by atoms with E-state index in [4.69, 9.17) is 11.6 Å². The second-order valence-corrected chi connectivity index (χ2v) is 7.01. The Morgan fingerprint density at radius 3 is 2.65 bits per heavy atom. The number of halogens is 2. The lowest BCUT2D eigenvalue weighted by atomic mass is 10.3. The molecule has 0 spiro atoms. The Bertz CT molecular complexity index is 519. The molecule has 5 nitrogen and oxygen atoms in total. The van der Waals surface area contributed by atoms with Crippen molar-refractivity contribution in [3.8, 4) is 0 Å². The fourth-order valence-electron chi connectivity index (χ4n) is 1.96. The predicted molar refractivity (Wildman–Crippen MR) is 108 cm³/mol. The molecule has 23 heavy (non-hydrogen) atoms. The number of hydrogen-bond acceptors (Lipinski definition) is 3. The minimum absolute atomic E-state index is 0. The van der Waals surface area contributed by atoms with Crippen molar-refractivity contribution in [2.45, 2.75) is 26.2 Å². The molecule has 0 aromatic carbocycles. The lowest BCUT2D eigenvalue weighted by Crippen LogP contribution is -2.41. The van der Waals surface area contributed by atoms with Gasteiger partial charge in [-0.05, 0) is 31.9 Å². The van der Waals surface area contributed by atoms with Crippen molar-refractivity contribution in [2.24, 2.45) is 10.9 Å². The highest BCUT2D eigenvalue weighted by atomic mass is 127. The van der Waals surface area contributed by atoms with Crippen molar-refractivity contribution in [1.82, 2.24) is 16.0 Å². The van der Waals surface area contributed by atoms with Gasteiger partial charge < -0.3 is 16.0 Å². The first kappa shape index (κ1) is 20.5. The highest BCUT2D eigenvalue weighted by molar-refractivity contribution is 14.0. The van der Waals surface area contributed by atoms with E-state index in [9.17, 15) is 4.79 Å². The van der Waals surface area contributed by atoms with Crippen molar-refractivity contribution in [3.05, 3.63) is 21.3 Å². The fourth-order valence-corrected chi connectivity index (χ4v) is 3.04. The molecular weight excluding hydrogens is 447 g/mol. The molecule has 8 heteroatoms. The summed E-state index contributed by atoms with van der Waals surface area (Å²) in [6.07, 6.45) is 2.96. The summed E-state index contributed by atoms with van der Waals surface area (Å²) in [6, 6.07) is 3.95. The van der Waals surface area contributed by atoms with Gasteiger partial charge >= 0.3 is 0 Å². The van der Waals surface area contributed by atoms with Crippen LogP contribution in [0.25, 0.3) is 0 Å². The van der Waals surface area contributed by atoms with Gasteiger partial charge in [0.1, 0.15) is 0 Å². The monoisotopic (exact) mass is 470 g/mol. The number of carbonyl (C=O) groups excluding carboxylic acids is 1. The molecule has 1 fully saturated rings. The van der Waals surface area contributed by atoms with Crippen LogP contribution in [0.1, 0.15) is 24.6 Å². The first-order chi connectivity index (χ1) is 10.7. The Balaban J connectivity index is 0.00000264. The van der Waals surface area contributed by atoms with E-state index >= 15 is 0 Å². The van der Waals surface area contributed by atoms with Crippen LogP contribution in [0.2, 0.25) is 4.34 Å². The van der Waals surface area contributed by atoms with Crippen molar-refractivity contribution >= 4 is 58.8 Å². The zero-order valence-electron chi connectivity index (χ0n) is 13.2. The number of thiophene rings is 1. The van der Waals surface area contributed by atoms with E-state index < -0.39 is 0 Å². The van der Waals surface area contributed by atoms with Gasteiger partial charge in [0.15, 0.2) is 5.96 Å². The molecule has 0 unspecified atom stereocenters. The van der Waals surface area contributed by atoms with Crippen LogP contribution in [0, 0.1) is 5.92 Å². The number of amides is 1. The zero-order valence-corrected chi connectivity index (χ0v) is 17.1. The minimum atomic E-state index is 0. The molecule has 1 aliphatic carbocycles. The van der Waals surface area contributed by atoms with Gasteiger partial charge in [0, 0.05) is 43.4 Å². The summed E-state index contributed by atoms with van der Waals surface area (Å²) in [7, 11) is 0. The first-order valence-corrected chi connectivity index (χ1v) is 8.92. The molecule has 3 N–H and O–H groups in total. The summed E-state index contributed by atoms with van der Waals surface area (Å²) in [6.45, 7) is 4.85. The molecule has 1 amide bonds. The molecular formula is C15H24ClIN4OS. The molecule has 0 aliphatic heterocycles. The molecule has 2 rings (SSSR count). The van der Waals surface area contributed by atoms with Gasteiger partial charge in [-0.1, -0.05) is 11.6 Å². The lowest BCUT2D eigenvalue weighted by Gasteiger charge is -2.11. The van der Waals surface area contributed by atoms with Gasteiger partial charge in [-0.3, -0.25) is 9.79 Å². The standard InChI is InChI=1S/C15H23ClN4OS.HI/c1-2-17-15(19-8-7-12-5-6-13(16)22-12)20-10-9-18-14(21)11-3-4-11;/h5-6,11H,2-4,7-10H2,1H3,(H,18,21)(H2,17,19,20);1H. The third-order valence-electron chi connectivity index (χ3n) is 3.27. The van der Waals surface area contributed by atoms with Crippen LogP contribution >= 0.6 is 46.9 Å². The average Bonchev–Trinajstić information content (AvgIpc) is 3.27. The Morgan fingerprint density at radius 2 is 2.04 bits per heavy atom. The Labute approximate surface area is 163 Å². The molecule has 0 bridgehead atoms. The summed E-state index contributed by atoms with van der Waals surface area (Å²) < 4.78 is 0.815. The van der Waals surface area contributed by atoms with Gasteiger partial charge in [0.25, 0.3) is 0 Å². The molecule has 0 saturated heterocycles. The van der Waals surface area contributed by atoms with E-state index in [1.807, 2.05) is 19.1 Å². The van der Waals surface area contributed by atoms with Crippen molar-refractivity contribution in [1.29, 1.82) is 0 Å². The topological polar surface area (TPSA) is 65.5 Å². The van der Waals surface area contributed by atoms with Gasteiger partial charge in [0.05, 0.1) is 4.34 Å². The second-order valence-electron chi connectivity index (χ2n) is 5.21. The molecule has 1 aromatic rings.